The van der Waals surface area contributed by atoms with Crippen LogP contribution in [0.25, 0.3) is 49.5 Å². The normalized spacial score (nSPS) is 26.3. The van der Waals surface area contributed by atoms with Gasteiger partial charge in [-0.15, -0.1) is 5.10 Å². The van der Waals surface area contributed by atoms with E-state index in [9.17, 15) is 43.8 Å². The molecule has 4 aliphatic heterocycles. The number of unbranched alkanes of at least 4 members (excludes halogenated alkanes) is 1. The van der Waals surface area contributed by atoms with Crippen LogP contribution in [0, 0.1) is 35.5 Å². The quantitative estimate of drug-likeness (QED) is 0.0121. The molecular weight excluding hydrogens is 1770 g/mol. The molecule has 2 bridgehead atoms. The predicted molar refractivity (Wildman–Crippen MR) is 511 cm³/mol. The minimum atomic E-state index is -4.76. The highest BCUT2D eigenvalue weighted by Crippen LogP contribution is 2.42. The molecule has 7 aromatic rings. The summed E-state index contributed by atoms with van der Waals surface area (Å²) in [5.41, 5.74) is 4.20. The number of aromatic nitrogens is 6. The van der Waals surface area contributed by atoms with E-state index in [1.165, 1.54) is 34.8 Å². The fraction of sp³-hybridized carbons (Fsp3) is 0.587. The summed E-state index contributed by atoms with van der Waals surface area (Å²) in [5, 5.41) is 34.6. The van der Waals surface area contributed by atoms with Gasteiger partial charge in [0.05, 0.1) is 150 Å². The van der Waals surface area contributed by atoms with E-state index in [-0.39, 0.29) is 124 Å². The van der Waals surface area contributed by atoms with Crippen molar-refractivity contribution in [2.45, 2.75) is 218 Å². The number of benzene rings is 3. The maximum absolute atomic E-state index is 15.1. The van der Waals surface area contributed by atoms with Gasteiger partial charge in [0, 0.05) is 143 Å². The molecule has 137 heavy (non-hydrogen) atoms. The van der Waals surface area contributed by atoms with Crippen LogP contribution in [0.4, 0.5) is 18.9 Å². The third-order valence-corrected chi connectivity index (χ3v) is 27.1. The highest BCUT2D eigenvalue weighted by Gasteiger charge is 2.53. The lowest BCUT2D eigenvalue weighted by Crippen LogP contribution is -2.61. The Bertz CT molecular complexity index is 5350. The van der Waals surface area contributed by atoms with Crippen molar-refractivity contribution in [1.29, 1.82) is 0 Å². The largest absolute Gasteiger partial charge is 0.460 e. The number of allylic oxidation sites excluding steroid dienone is 6. The summed E-state index contributed by atoms with van der Waals surface area (Å²) >= 11 is 0. The molecule has 0 radical (unpaired) electrons. The summed E-state index contributed by atoms with van der Waals surface area (Å²) in [5.74, 6) is -8.45. The van der Waals surface area contributed by atoms with Crippen molar-refractivity contribution in [1.82, 2.24) is 39.3 Å². The van der Waals surface area contributed by atoms with E-state index in [4.69, 9.17) is 56.8 Å². The molecule has 746 valence electrons. The Morgan fingerprint density at radius 1 is 0.664 bits per heavy atom. The maximum atomic E-state index is 15.1. The number of esters is 1. The van der Waals surface area contributed by atoms with Crippen molar-refractivity contribution >= 4 is 73.5 Å². The Kier molecular flexibility index (Phi) is 40.3. The van der Waals surface area contributed by atoms with E-state index in [0.717, 1.165) is 58.6 Å². The summed E-state index contributed by atoms with van der Waals surface area (Å²) in [6.07, 6.45) is 14.6. The number of ketones is 3. The predicted octanol–water partition coefficient (Wildman–Crippen LogP) is 13.7. The van der Waals surface area contributed by atoms with Crippen LogP contribution in [0.2, 0.25) is 0 Å². The first-order valence-corrected chi connectivity index (χ1v) is 48.5. The molecule has 5 aliphatic rings. The van der Waals surface area contributed by atoms with Crippen molar-refractivity contribution in [3.05, 3.63) is 167 Å². The summed E-state index contributed by atoms with van der Waals surface area (Å²) < 4.78 is 119. The Morgan fingerprint density at radius 3 is 2.08 bits per heavy atom. The molecule has 2 amide bonds. The molecule has 30 nitrogen and oxygen atoms in total. The number of hydrogen-bond acceptors (Lipinski definition) is 26. The van der Waals surface area contributed by atoms with Crippen LogP contribution >= 0.6 is 0 Å². The number of piperazine rings is 1. The van der Waals surface area contributed by atoms with Gasteiger partial charge in [0.1, 0.15) is 30.1 Å². The van der Waals surface area contributed by atoms with Gasteiger partial charge in [-0.1, -0.05) is 101 Å². The number of nitrogens with zero attached hydrogens (tertiary/aromatic N) is 9. The number of Topliss-reactive ketones (excluding diaryl/α,β-unsaturated/α-hetero) is 3. The fourth-order valence-electron chi connectivity index (χ4n) is 19.1. The molecule has 4 fully saturated rings. The summed E-state index contributed by atoms with van der Waals surface area (Å²) in [4.78, 5) is 113. The molecule has 0 unspecified atom stereocenters. The lowest BCUT2D eigenvalue weighted by Gasteiger charge is -2.42. The van der Waals surface area contributed by atoms with E-state index in [0.29, 0.717) is 171 Å². The number of para-hydroxylation sites is 1. The third kappa shape index (κ3) is 29.2. The van der Waals surface area contributed by atoms with Gasteiger partial charge in [-0.05, 0) is 180 Å². The van der Waals surface area contributed by atoms with Gasteiger partial charge in [-0.25, -0.2) is 9.48 Å². The number of anilines is 1. The Hall–Kier alpha value is -9.72. The zero-order valence-corrected chi connectivity index (χ0v) is 80.8. The average molecular weight is 1910 g/mol. The first-order valence-electron chi connectivity index (χ1n) is 48.5. The first-order chi connectivity index (χ1) is 66.0. The number of carbonyl (C=O) groups excluding carboxylic acids is 6. The van der Waals surface area contributed by atoms with Crippen molar-refractivity contribution in [3.8, 4) is 16.8 Å². The van der Waals surface area contributed by atoms with Gasteiger partial charge >= 0.3 is 12.1 Å². The van der Waals surface area contributed by atoms with Crippen LogP contribution in [-0.2, 0) is 105 Å². The number of fused-ring (bicyclic) bond motifs is 7. The zero-order chi connectivity index (χ0) is 97.7. The lowest BCUT2D eigenvalue weighted by molar-refractivity contribution is -0.265. The number of piperidine rings is 1. The van der Waals surface area contributed by atoms with Gasteiger partial charge in [-0.3, -0.25) is 43.3 Å². The molecule has 2 N–H and O–H groups in total. The van der Waals surface area contributed by atoms with Crippen molar-refractivity contribution in [2.75, 3.05) is 145 Å². The summed E-state index contributed by atoms with van der Waals surface area (Å²) in [6.45, 7) is 18.7. The number of aliphatic hydroxyl groups excluding tert-OH is 1. The van der Waals surface area contributed by atoms with Crippen LogP contribution in [0.3, 0.4) is 0 Å². The first kappa shape index (κ1) is 106. The van der Waals surface area contributed by atoms with Crippen LogP contribution in [-0.4, -0.2) is 279 Å². The van der Waals surface area contributed by atoms with Crippen molar-refractivity contribution in [2.24, 2.45) is 35.5 Å². The molecule has 33 heteroatoms. The monoisotopic (exact) mass is 1910 g/mol. The van der Waals surface area contributed by atoms with E-state index >= 15 is 13.2 Å². The standard InChI is InChI=1S/C104H138F3N9O21/c1-68-20-12-11-13-21-69(2)91(126-8)63-82-31-26-74(7)103(125,137-82)100(122)101(123)115-37-18-16-25-88(115)102(124)136-92(64-89(117)70(3)57-73(6)98(121)99(128-10)97(120)72(5)56-68)71(4)58-75-27-34-90(93(59-75)127-9)135-43-19-17-23-80-67-114(111-110-80)42-45-130-47-49-132-51-53-134-55-54-133-52-50-131-48-46-129-44-36-94(118)113-40-38-112(39-41-113)87-33-30-81(62-84(87)104(105,106)107)116-95(119)35-29-78-65-109-86-32-28-76(61-83(86)96(78)116)79-60-77-22-14-15-24-85(77)108-66-79/h11-15,20-22,24,28-30,32-33,35,57,60-62,65-68,70-72,74-75,82,88,90-93,98-99,121,125H,16-19,23,25-27,31,34,36-56,58-59,63-64H2,1-10H3/b13-11+,20-12+,69-21+,73-57+/t68-,70-,71-,72-,74-,75+,82+,88+,90-,91+,92+,93-,98-,99+,103-/m1/s1. The number of amides is 2. The number of ether oxygens (including phenoxy) is 12. The number of hydrogen-bond donors (Lipinski definition) is 2. The molecule has 12 rings (SSSR count). The fourth-order valence-corrected chi connectivity index (χ4v) is 19.1. The highest BCUT2D eigenvalue weighted by molar-refractivity contribution is 6.39. The van der Waals surface area contributed by atoms with Gasteiger partial charge in [0.25, 0.3) is 17.2 Å². The highest BCUT2D eigenvalue weighted by atomic mass is 19.4. The van der Waals surface area contributed by atoms with E-state index in [2.05, 4.69) is 20.3 Å². The summed E-state index contributed by atoms with van der Waals surface area (Å²) in [6, 6.07) is 21.1. The molecule has 3 aromatic carbocycles. The molecule has 0 spiro atoms. The number of aliphatic hydroxyl groups is 2. The number of cyclic esters (lactones) is 1. The minimum Gasteiger partial charge on any atom is -0.460 e. The van der Waals surface area contributed by atoms with Crippen LogP contribution in [0.15, 0.2) is 150 Å². The number of pyridine rings is 3. The van der Waals surface area contributed by atoms with E-state index in [1.807, 2.05) is 113 Å². The van der Waals surface area contributed by atoms with Crippen molar-refractivity contribution < 1.29 is 109 Å². The van der Waals surface area contributed by atoms with Crippen molar-refractivity contribution in [3.63, 3.8) is 0 Å². The van der Waals surface area contributed by atoms with Gasteiger partial charge in [-0.2, -0.15) is 13.2 Å². The number of rotatable bonds is 36. The van der Waals surface area contributed by atoms with E-state index < -0.39 is 95.1 Å². The minimum absolute atomic E-state index is 0.0121. The topological polar surface area (TPSA) is 342 Å². The second-order valence-electron chi connectivity index (χ2n) is 37.1. The third-order valence-electron chi connectivity index (χ3n) is 27.1. The molecule has 3 saturated heterocycles. The molecule has 15 atom stereocenters. The molecular formula is C104H138F3N9O21. The SMILES string of the molecule is CO[C@H]1C[C@@H]2CC[C@@H](C)[C@@](O)(O2)C(=O)C(=O)N2CCCC[C@H]2C(=O)O[C@H]([C@H](C)C[C@@H]2CC[C@@H](OCCCCc3cn(CCOCCOCCOCCOCCOCCOCCC(=O)N4CCN(c5ccc(-n6c(=O)ccc7cnc8ccc(-c9cnc%10ccccc%10c9)cc8c76)cc5C(F)(F)F)CC4)nn3)[C@H](OC)C2)CC(=O)[C@H](C)/C=C(\C)[C@@H](O)[C@@H](OC)C(=O)[C@H](C)C[C@H](C)/C=C/C=C/C=C/1C. The number of aryl methyl sites for hydroxylation is 1. The Balaban J connectivity index is 0.500. The number of carbonyl (C=O) groups is 6. The van der Waals surface area contributed by atoms with Gasteiger partial charge in [0.2, 0.25) is 11.7 Å². The lowest BCUT2D eigenvalue weighted by atomic mass is 9.78. The number of alkyl halides is 3. The number of methoxy groups -OCH3 is 3. The van der Waals surface area contributed by atoms with Gasteiger partial charge < -0.3 is 81.8 Å². The van der Waals surface area contributed by atoms with Gasteiger partial charge in [0.15, 0.2) is 5.78 Å². The second-order valence-corrected chi connectivity index (χ2v) is 37.1. The second kappa shape index (κ2) is 52.0. The smallest absolute Gasteiger partial charge is 0.418 e. The van der Waals surface area contributed by atoms with Crippen LogP contribution in [0.5, 0.6) is 0 Å². The number of halogens is 3. The molecule has 8 heterocycles. The van der Waals surface area contributed by atoms with E-state index in [1.54, 1.807) is 74.0 Å². The molecule has 4 aromatic heterocycles. The molecule has 1 saturated carbocycles. The van der Waals surface area contributed by atoms with Crippen LogP contribution in [0.1, 0.15) is 156 Å². The average Bonchev–Trinajstić information content (AvgIpc) is 0.936. The van der Waals surface area contributed by atoms with Crippen LogP contribution < -0.4 is 10.5 Å². The Morgan fingerprint density at radius 2 is 1.37 bits per heavy atom. The zero-order valence-electron chi connectivity index (χ0n) is 80.8. The maximum Gasteiger partial charge on any atom is 0.418 e. The Labute approximate surface area is 800 Å². The molecule has 1 aliphatic carbocycles. The summed E-state index contributed by atoms with van der Waals surface area (Å²) in [7, 11) is 4.63.